The van der Waals surface area contributed by atoms with Gasteiger partial charge in [0.05, 0.1) is 16.9 Å². The molecule has 0 aliphatic carbocycles. The van der Waals surface area contributed by atoms with Crippen LogP contribution in [-0.4, -0.2) is 10.5 Å². The number of carbonyl (C=O) groups is 1. The van der Waals surface area contributed by atoms with Gasteiger partial charge in [0.1, 0.15) is 0 Å². The maximum atomic E-state index is 11.5. The Morgan fingerprint density at radius 3 is 2.24 bits per heavy atom. The number of fused-ring (bicyclic) bond motifs is 1. The zero-order chi connectivity index (χ0) is 18.4. The molecule has 0 unspecified atom stereocenters. The first-order valence-electron chi connectivity index (χ1n) is 8.56. The summed E-state index contributed by atoms with van der Waals surface area (Å²) in [4.78, 5) is 11.5. The summed E-state index contributed by atoms with van der Waals surface area (Å²) in [6, 6.07) is 14.0. The van der Waals surface area contributed by atoms with Crippen molar-refractivity contribution >= 4 is 22.5 Å². The van der Waals surface area contributed by atoms with Gasteiger partial charge < -0.3 is 16.0 Å². The molecule has 2 aromatic carbocycles. The highest BCUT2D eigenvalue weighted by Crippen LogP contribution is 2.37. The summed E-state index contributed by atoms with van der Waals surface area (Å²) in [6.45, 7) is 9.43. The van der Waals surface area contributed by atoms with E-state index in [-0.39, 0.29) is 5.41 Å². The molecule has 4 nitrogen and oxygen atoms in total. The Bertz CT molecular complexity index is 944. The van der Waals surface area contributed by atoms with Crippen molar-refractivity contribution in [2.75, 3.05) is 5.73 Å². The smallest absolute Gasteiger partial charge is 0.248 e. The van der Waals surface area contributed by atoms with Gasteiger partial charge in [0, 0.05) is 23.1 Å². The number of nitrogens with two attached hydrogens (primary N) is 2. The molecular weight excluding hydrogens is 310 g/mol. The van der Waals surface area contributed by atoms with Crippen LogP contribution in [0.2, 0.25) is 0 Å². The highest BCUT2D eigenvalue weighted by molar-refractivity contribution is 6.04. The number of aromatic nitrogens is 1. The highest BCUT2D eigenvalue weighted by Gasteiger charge is 2.18. The monoisotopic (exact) mass is 335 g/mol. The van der Waals surface area contributed by atoms with Crippen molar-refractivity contribution in [3.63, 3.8) is 0 Å². The van der Waals surface area contributed by atoms with Crippen molar-refractivity contribution in [2.24, 2.45) is 5.73 Å². The summed E-state index contributed by atoms with van der Waals surface area (Å²) in [5, 5.41) is 0.946. The summed E-state index contributed by atoms with van der Waals surface area (Å²) >= 11 is 0. The standard InChI is InChI=1S/C21H25N3O/c1-5-24-17-12-14(20(23)25)8-11-16(17)18(22)19(24)13-6-9-15(10-7-13)21(2,3)4/h6-12H,5,22H2,1-4H3,(H2,23,25). The van der Waals surface area contributed by atoms with E-state index in [0.29, 0.717) is 5.56 Å². The molecule has 0 fully saturated rings. The van der Waals surface area contributed by atoms with Crippen LogP contribution in [0.5, 0.6) is 0 Å². The van der Waals surface area contributed by atoms with Gasteiger partial charge in [-0.05, 0) is 36.1 Å². The molecule has 0 saturated heterocycles. The van der Waals surface area contributed by atoms with Crippen LogP contribution in [0, 0.1) is 0 Å². The predicted octanol–water partition coefficient (Wildman–Crippen LogP) is 4.31. The Hall–Kier alpha value is -2.75. The van der Waals surface area contributed by atoms with Gasteiger partial charge in [0.2, 0.25) is 5.91 Å². The Morgan fingerprint density at radius 2 is 1.72 bits per heavy atom. The van der Waals surface area contributed by atoms with Crippen molar-refractivity contribution in [3.05, 3.63) is 53.6 Å². The first kappa shape index (κ1) is 17.1. The lowest BCUT2D eigenvalue weighted by atomic mass is 9.86. The van der Waals surface area contributed by atoms with Crippen LogP contribution in [0.15, 0.2) is 42.5 Å². The molecule has 130 valence electrons. The van der Waals surface area contributed by atoms with Gasteiger partial charge >= 0.3 is 0 Å². The van der Waals surface area contributed by atoms with Crippen LogP contribution in [0.25, 0.3) is 22.2 Å². The lowest BCUT2D eigenvalue weighted by molar-refractivity contribution is 0.100. The molecule has 0 aliphatic heterocycles. The molecule has 0 saturated carbocycles. The predicted molar refractivity (Wildman–Crippen MR) is 105 cm³/mol. The summed E-state index contributed by atoms with van der Waals surface area (Å²) < 4.78 is 2.14. The van der Waals surface area contributed by atoms with Gasteiger partial charge in [-0.2, -0.15) is 0 Å². The van der Waals surface area contributed by atoms with Crippen LogP contribution in [0.1, 0.15) is 43.6 Å². The SMILES string of the molecule is CCn1c(-c2ccc(C(C)(C)C)cc2)c(N)c2ccc(C(N)=O)cc21. The minimum Gasteiger partial charge on any atom is -0.396 e. The molecule has 3 aromatic rings. The number of hydrogen-bond donors (Lipinski definition) is 2. The van der Waals surface area contributed by atoms with Gasteiger partial charge in [-0.25, -0.2) is 0 Å². The highest BCUT2D eigenvalue weighted by atomic mass is 16.1. The van der Waals surface area contributed by atoms with E-state index >= 15 is 0 Å². The lowest BCUT2D eigenvalue weighted by Crippen LogP contribution is -2.11. The number of nitrogen functional groups attached to an aromatic ring is 1. The number of rotatable bonds is 3. The zero-order valence-electron chi connectivity index (χ0n) is 15.3. The Morgan fingerprint density at radius 1 is 1.08 bits per heavy atom. The average Bonchev–Trinajstić information content (AvgIpc) is 2.85. The van der Waals surface area contributed by atoms with E-state index in [1.165, 1.54) is 5.56 Å². The molecule has 0 bridgehead atoms. The van der Waals surface area contributed by atoms with Crippen LogP contribution in [0.3, 0.4) is 0 Å². The molecule has 4 N–H and O–H groups in total. The van der Waals surface area contributed by atoms with E-state index in [1.54, 1.807) is 6.07 Å². The summed E-state index contributed by atoms with van der Waals surface area (Å²) in [5.74, 6) is -0.430. The number of carbonyl (C=O) groups excluding carboxylic acids is 1. The number of aryl methyl sites for hydroxylation is 1. The minimum atomic E-state index is -0.430. The number of amides is 1. The molecule has 25 heavy (non-hydrogen) atoms. The summed E-state index contributed by atoms with van der Waals surface area (Å²) in [5.41, 5.74) is 17.5. The molecule has 4 heteroatoms. The van der Waals surface area contributed by atoms with Crippen LogP contribution in [-0.2, 0) is 12.0 Å². The Balaban J connectivity index is 2.22. The van der Waals surface area contributed by atoms with Crippen molar-refractivity contribution < 1.29 is 4.79 Å². The van der Waals surface area contributed by atoms with Gasteiger partial charge in [0.25, 0.3) is 0 Å². The number of nitrogens with zero attached hydrogens (tertiary/aromatic N) is 1. The third-order valence-electron chi connectivity index (χ3n) is 4.73. The molecule has 1 amide bonds. The molecular formula is C21H25N3O. The molecule has 3 rings (SSSR count). The van der Waals surface area contributed by atoms with Crippen molar-refractivity contribution in [1.82, 2.24) is 4.57 Å². The molecule has 0 atom stereocenters. The first-order valence-corrected chi connectivity index (χ1v) is 8.56. The Labute approximate surface area is 148 Å². The van der Waals surface area contributed by atoms with E-state index < -0.39 is 5.91 Å². The second kappa shape index (κ2) is 5.96. The largest absolute Gasteiger partial charge is 0.396 e. The number of primary amides is 1. The fourth-order valence-electron chi connectivity index (χ4n) is 3.30. The van der Waals surface area contributed by atoms with E-state index in [0.717, 1.165) is 34.4 Å². The number of hydrogen-bond acceptors (Lipinski definition) is 2. The maximum absolute atomic E-state index is 11.5. The van der Waals surface area contributed by atoms with E-state index in [4.69, 9.17) is 11.5 Å². The maximum Gasteiger partial charge on any atom is 0.248 e. The molecule has 0 aliphatic rings. The third-order valence-corrected chi connectivity index (χ3v) is 4.73. The first-order chi connectivity index (χ1) is 11.7. The van der Waals surface area contributed by atoms with Crippen LogP contribution in [0.4, 0.5) is 5.69 Å². The Kier molecular flexibility index (Phi) is 4.07. The minimum absolute atomic E-state index is 0.109. The normalized spacial score (nSPS) is 11.8. The number of benzene rings is 2. The van der Waals surface area contributed by atoms with Crippen molar-refractivity contribution in [3.8, 4) is 11.3 Å². The third kappa shape index (κ3) is 2.88. The van der Waals surface area contributed by atoms with Gasteiger partial charge in [-0.1, -0.05) is 45.0 Å². The topological polar surface area (TPSA) is 74.0 Å². The quantitative estimate of drug-likeness (QED) is 0.748. The van der Waals surface area contributed by atoms with Crippen molar-refractivity contribution in [2.45, 2.75) is 39.7 Å². The van der Waals surface area contributed by atoms with Gasteiger partial charge in [-0.3, -0.25) is 4.79 Å². The zero-order valence-corrected chi connectivity index (χ0v) is 15.3. The van der Waals surface area contributed by atoms with E-state index in [2.05, 4.69) is 56.5 Å². The lowest BCUT2D eigenvalue weighted by Gasteiger charge is -2.19. The van der Waals surface area contributed by atoms with Crippen molar-refractivity contribution in [1.29, 1.82) is 0 Å². The fraction of sp³-hybridized carbons (Fsp3) is 0.286. The molecule has 0 spiro atoms. The second-order valence-electron chi connectivity index (χ2n) is 7.43. The second-order valence-corrected chi connectivity index (χ2v) is 7.43. The van der Waals surface area contributed by atoms with Gasteiger partial charge in [-0.15, -0.1) is 0 Å². The average molecular weight is 335 g/mol. The summed E-state index contributed by atoms with van der Waals surface area (Å²) in [6.07, 6.45) is 0. The van der Waals surface area contributed by atoms with E-state index in [9.17, 15) is 4.79 Å². The fourth-order valence-corrected chi connectivity index (χ4v) is 3.30. The van der Waals surface area contributed by atoms with Crippen LogP contribution >= 0.6 is 0 Å². The van der Waals surface area contributed by atoms with E-state index in [1.807, 2.05) is 12.1 Å². The molecule has 0 radical (unpaired) electrons. The molecule has 1 aromatic heterocycles. The number of anilines is 1. The van der Waals surface area contributed by atoms with Gasteiger partial charge in [0.15, 0.2) is 0 Å². The molecule has 1 heterocycles. The van der Waals surface area contributed by atoms with Crippen LogP contribution < -0.4 is 11.5 Å². The summed E-state index contributed by atoms with van der Waals surface area (Å²) in [7, 11) is 0.